The molecule has 0 bridgehead atoms. The van der Waals surface area contributed by atoms with Crippen molar-refractivity contribution < 1.29 is 0 Å². The first-order valence-electron chi connectivity index (χ1n) is 6.93. The van der Waals surface area contributed by atoms with Gasteiger partial charge in [-0.3, -0.25) is 0 Å². The zero-order valence-corrected chi connectivity index (χ0v) is 12.5. The topological polar surface area (TPSA) is 28.2 Å². The lowest BCUT2D eigenvalue weighted by atomic mass is 10.2. The van der Waals surface area contributed by atoms with E-state index >= 15 is 0 Å². The zero-order valence-electron chi connectivity index (χ0n) is 11.7. The van der Waals surface area contributed by atoms with E-state index in [0.29, 0.717) is 5.92 Å². The van der Waals surface area contributed by atoms with Gasteiger partial charge in [-0.05, 0) is 31.0 Å². The molecular weight excluding hydrogens is 258 g/mol. The van der Waals surface area contributed by atoms with E-state index in [2.05, 4.69) is 36.2 Å². The number of anilines is 1. The van der Waals surface area contributed by atoms with Crippen LogP contribution < -0.4 is 10.2 Å². The fourth-order valence-corrected chi connectivity index (χ4v) is 2.27. The van der Waals surface area contributed by atoms with Gasteiger partial charge in [-0.15, -0.1) is 0 Å². The molecule has 0 saturated carbocycles. The highest BCUT2D eigenvalue weighted by Crippen LogP contribution is 2.20. The van der Waals surface area contributed by atoms with Crippen molar-refractivity contribution in [2.75, 3.05) is 24.5 Å². The predicted molar refractivity (Wildman–Crippen MR) is 81.8 cm³/mol. The van der Waals surface area contributed by atoms with Crippen LogP contribution in [0.4, 0.5) is 5.82 Å². The number of nitrogens with one attached hydrogen (secondary N) is 1. The Hall–Kier alpha value is -1.06. The summed E-state index contributed by atoms with van der Waals surface area (Å²) >= 11 is 6.22. The number of hydrogen-bond donors (Lipinski definition) is 1. The highest BCUT2D eigenvalue weighted by Gasteiger charge is 2.11. The van der Waals surface area contributed by atoms with Crippen molar-refractivity contribution in [1.29, 1.82) is 0 Å². The van der Waals surface area contributed by atoms with E-state index in [1.165, 1.54) is 0 Å². The molecule has 0 unspecified atom stereocenters. The highest BCUT2D eigenvalue weighted by atomic mass is 35.5. The lowest BCUT2D eigenvalue weighted by molar-refractivity contribution is 0.548. The van der Waals surface area contributed by atoms with Gasteiger partial charge in [-0.25, -0.2) is 4.98 Å². The number of aromatic nitrogens is 1. The molecule has 0 saturated heterocycles. The van der Waals surface area contributed by atoms with Gasteiger partial charge in [-0.1, -0.05) is 37.6 Å². The van der Waals surface area contributed by atoms with Crippen molar-refractivity contribution in [3.8, 4) is 0 Å². The van der Waals surface area contributed by atoms with Gasteiger partial charge in [0.15, 0.2) is 0 Å². The molecule has 0 fully saturated rings. The Morgan fingerprint density at radius 3 is 2.89 bits per heavy atom. The van der Waals surface area contributed by atoms with Crippen molar-refractivity contribution in [3.05, 3.63) is 35.0 Å². The second kappa shape index (κ2) is 6.92. The average molecular weight is 280 g/mol. The molecule has 2 rings (SSSR count). The molecule has 1 N–H and O–H groups in total. The quantitative estimate of drug-likeness (QED) is 0.839. The van der Waals surface area contributed by atoms with Crippen molar-refractivity contribution in [1.82, 2.24) is 10.3 Å². The summed E-state index contributed by atoms with van der Waals surface area (Å²) < 4.78 is 0. The first-order chi connectivity index (χ1) is 9.16. The van der Waals surface area contributed by atoms with E-state index in [1.807, 2.05) is 12.1 Å². The normalized spacial score (nSPS) is 15.3. The third kappa shape index (κ3) is 4.22. The minimum Gasteiger partial charge on any atom is -0.353 e. The highest BCUT2D eigenvalue weighted by molar-refractivity contribution is 6.31. The summed E-state index contributed by atoms with van der Waals surface area (Å²) in [6.45, 7) is 8.07. The molecule has 1 aromatic rings. The first kappa shape index (κ1) is 14.4. The molecule has 19 heavy (non-hydrogen) atoms. The molecule has 0 atom stereocenters. The van der Waals surface area contributed by atoms with Gasteiger partial charge < -0.3 is 10.2 Å². The van der Waals surface area contributed by atoms with E-state index in [-0.39, 0.29) is 0 Å². The summed E-state index contributed by atoms with van der Waals surface area (Å²) in [5, 5.41) is 4.14. The first-order valence-corrected chi connectivity index (χ1v) is 7.30. The molecule has 2 heterocycles. The minimum atomic E-state index is 0.634. The molecule has 1 aliphatic heterocycles. The Morgan fingerprint density at radius 2 is 2.21 bits per heavy atom. The smallest absolute Gasteiger partial charge is 0.129 e. The van der Waals surface area contributed by atoms with Crippen LogP contribution in [0.5, 0.6) is 0 Å². The number of nitrogens with zero attached hydrogens (tertiary/aromatic N) is 2. The van der Waals surface area contributed by atoms with Gasteiger partial charge in [0.25, 0.3) is 0 Å². The van der Waals surface area contributed by atoms with Crippen LogP contribution >= 0.6 is 11.6 Å². The average Bonchev–Trinajstić information content (AvgIpc) is 2.41. The molecule has 0 aliphatic carbocycles. The van der Waals surface area contributed by atoms with Gasteiger partial charge in [0.05, 0.1) is 10.7 Å². The van der Waals surface area contributed by atoms with Gasteiger partial charge in [0.1, 0.15) is 5.82 Å². The van der Waals surface area contributed by atoms with Crippen LogP contribution in [0.15, 0.2) is 24.3 Å². The second-order valence-electron chi connectivity index (χ2n) is 5.33. The summed E-state index contributed by atoms with van der Waals surface area (Å²) in [4.78, 5) is 6.97. The van der Waals surface area contributed by atoms with Crippen LogP contribution in [0.2, 0.25) is 5.02 Å². The number of pyridine rings is 1. The fourth-order valence-electron chi connectivity index (χ4n) is 2.10. The van der Waals surface area contributed by atoms with E-state index in [1.54, 1.807) is 0 Å². The second-order valence-corrected chi connectivity index (χ2v) is 5.74. The molecule has 0 radical (unpaired) electrons. The Labute approximate surface area is 120 Å². The summed E-state index contributed by atoms with van der Waals surface area (Å²) in [5.74, 6) is 1.66. The molecule has 0 amide bonds. The summed E-state index contributed by atoms with van der Waals surface area (Å²) in [7, 11) is 0. The van der Waals surface area contributed by atoms with Crippen LogP contribution in [-0.4, -0.2) is 24.6 Å². The molecule has 3 nitrogen and oxygen atoms in total. The molecule has 1 aromatic heterocycles. The minimum absolute atomic E-state index is 0.634. The van der Waals surface area contributed by atoms with Gasteiger partial charge in [0.2, 0.25) is 0 Å². The lowest BCUT2D eigenvalue weighted by Gasteiger charge is -2.25. The van der Waals surface area contributed by atoms with E-state index < -0.39 is 0 Å². The van der Waals surface area contributed by atoms with Crippen molar-refractivity contribution >= 4 is 17.4 Å². The van der Waals surface area contributed by atoms with Gasteiger partial charge >= 0.3 is 0 Å². The van der Waals surface area contributed by atoms with Crippen molar-refractivity contribution in [2.24, 2.45) is 5.92 Å². The molecule has 4 heteroatoms. The fraction of sp³-hybridized carbons (Fsp3) is 0.533. The molecule has 0 aromatic carbocycles. The van der Waals surface area contributed by atoms with Crippen LogP contribution in [-0.2, 0) is 6.54 Å². The summed E-state index contributed by atoms with van der Waals surface area (Å²) in [6, 6.07) is 3.96. The summed E-state index contributed by atoms with van der Waals surface area (Å²) in [6.07, 6.45) is 5.50. The van der Waals surface area contributed by atoms with E-state index in [9.17, 15) is 0 Å². The molecular formula is C15H22ClN3. The van der Waals surface area contributed by atoms with Gasteiger partial charge in [-0.2, -0.15) is 0 Å². The number of rotatable bonds is 5. The predicted octanol–water partition coefficient (Wildman–Crippen LogP) is 3.25. The van der Waals surface area contributed by atoms with Crippen LogP contribution in [0.1, 0.15) is 26.0 Å². The Morgan fingerprint density at radius 1 is 1.37 bits per heavy atom. The largest absolute Gasteiger partial charge is 0.353 e. The molecule has 0 spiro atoms. The molecule has 104 valence electrons. The van der Waals surface area contributed by atoms with E-state index in [0.717, 1.165) is 49.1 Å². The Kier molecular flexibility index (Phi) is 5.23. The summed E-state index contributed by atoms with van der Waals surface area (Å²) in [5.41, 5.74) is 0.939. The van der Waals surface area contributed by atoms with Gasteiger partial charge in [0, 0.05) is 19.6 Å². The Bertz CT molecular complexity index is 443. The maximum Gasteiger partial charge on any atom is 0.129 e. The maximum absolute atomic E-state index is 6.22. The van der Waals surface area contributed by atoms with Crippen molar-refractivity contribution in [2.45, 2.75) is 26.8 Å². The van der Waals surface area contributed by atoms with E-state index in [4.69, 9.17) is 16.6 Å². The number of halogens is 1. The van der Waals surface area contributed by atoms with Crippen LogP contribution in [0.3, 0.4) is 0 Å². The lowest BCUT2D eigenvalue weighted by Crippen LogP contribution is -2.28. The van der Waals surface area contributed by atoms with Crippen molar-refractivity contribution in [3.63, 3.8) is 0 Å². The monoisotopic (exact) mass is 279 g/mol. The third-order valence-corrected chi connectivity index (χ3v) is 3.48. The van der Waals surface area contributed by atoms with Crippen LogP contribution in [0, 0.1) is 5.92 Å². The standard InChI is InChI=1S/C15H22ClN3/c1-12(2)10-17-11-14-13(16)6-7-15(18-14)19-8-4-3-5-9-19/h3-4,6-7,12,17H,5,8-11H2,1-2H3. The SMILES string of the molecule is CC(C)CNCc1nc(N2CC=CCC2)ccc1Cl. The van der Waals surface area contributed by atoms with Crippen LogP contribution in [0.25, 0.3) is 0 Å². The maximum atomic E-state index is 6.22. The third-order valence-electron chi connectivity index (χ3n) is 3.13. The molecule has 1 aliphatic rings. The zero-order chi connectivity index (χ0) is 13.7. The Balaban J connectivity index is 2.03. The number of hydrogen-bond acceptors (Lipinski definition) is 3.